The highest BCUT2D eigenvalue weighted by Crippen LogP contribution is 2.28. The molecule has 1 atom stereocenters. The van der Waals surface area contributed by atoms with Gasteiger partial charge in [0.15, 0.2) is 0 Å². The van der Waals surface area contributed by atoms with Crippen LogP contribution in [0.4, 0.5) is 5.69 Å². The van der Waals surface area contributed by atoms with E-state index in [4.69, 9.17) is 0 Å². The SMILES string of the molecule is CCCN(CC)c1ccc(C(C)O)c(O)c1. The lowest BCUT2D eigenvalue weighted by Gasteiger charge is -2.23. The zero-order valence-electron chi connectivity index (χ0n) is 10.3. The largest absolute Gasteiger partial charge is 0.507 e. The van der Waals surface area contributed by atoms with Crippen LogP contribution in [0.1, 0.15) is 38.9 Å². The number of aliphatic hydroxyl groups is 1. The van der Waals surface area contributed by atoms with E-state index >= 15 is 0 Å². The lowest BCUT2D eigenvalue weighted by atomic mass is 10.1. The molecule has 1 unspecified atom stereocenters. The van der Waals surface area contributed by atoms with E-state index in [1.54, 1.807) is 19.1 Å². The molecule has 0 aliphatic carbocycles. The fourth-order valence-corrected chi connectivity index (χ4v) is 1.82. The minimum Gasteiger partial charge on any atom is -0.507 e. The molecule has 0 saturated heterocycles. The predicted octanol–water partition coefficient (Wildman–Crippen LogP) is 2.68. The van der Waals surface area contributed by atoms with Crippen molar-refractivity contribution in [1.82, 2.24) is 0 Å². The quantitative estimate of drug-likeness (QED) is 0.806. The van der Waals surface area contributed by atoms with Gasteiger partial charge in [-0.05, 0) is 26.3 Å². The van der Waals surface area contributed by atoms with Crippen LogP contribution in [0, 0.1) is 0 Å². The maximum absolute atomic E-state index is 9.79. The Kier molecular flexibility index (Phi) is 4.62. The van der Waals surface area contributed by atoms with Crippen molar-refractivity contribution >= 4 is 5.69 Å². The van der Waals surface area contributed by atoms with Crippen molar-refractivity contribution in [2.75, 3.05) is 18.0 Å². The molecule has 0 fully saturated rings. The highest BCUT2D eigenvalue weighted by Gasteiger charge is 2.10. The number of phenols is 1. The number of phenolic OH excluding ortho intramolecular Hbond substituents is 1. The first-order valence-electron chi connectivity index (χ1n) is 5.86. The number of hydrogen-bond donors (Lipinski definition) is 2. The molecule has 0 aliphatic rings. The fourth-order valence-electron chi connectivity index (χ4n) is 1.82. The Morgan fingerprint density at radius 2 is 2.00 bits per heavy atom. The Hall–Kier alpha value is -1.22. The number of benzene rings is 1. The summed E-state index contributed by atoms with van der Waals surface area (Å²) in [5.74, 6) is 0.169. The lowest BCUT2D eigenvalue weighted by molar-refractivity contribution is 0.195. The fraction of sp³-hybridized carbons (Fsp3) is 0.538. The highest BCUT2D eigenvalue weighted by atomic mass is 16.3. The molecule has 1 aromatic carbocycles. The molecule has 3 nitrogen and oxygen atoms in total. The summed E-state index contributed by atoms with van der Waals surface area (Å²) in [4.78, 5) is 2.20. The summed E-state index contributed by atoms with van der Waals surface area (Å²) in [6.45, 7) is 7.77. The standard InChI is InChI=1S/C13H21NO2/c1-4-8-14(5-2)11-6-7-12(10(3)15)13(16)9-11/h6-7,9-10,15-16H,4-5,8H2,1-3H3. The van der Waals surface area contributed by atoms with Crippen LogP contribution in [-0.4, -0.2) is 23.3 Å². The van der Waals surface area contributed by atoms with E-state index in [2.05, 4.69) is 18.7 Å². The van der Waals surface area contributed by atoms with Gasteiger partial charge in [0, 0.05) is 30.4 Å². The van der Waals surface area contributed by atoms with E-state index in [9.17, 15) is 10.2 Å². The molecule has 0 radical (unpaired) electrons. The first-order chi connectivity index (χ1) is 7.60. The molecule has 16 heavy (non-hydrogen) atoms. The molecule has 0 heterocycles. The minimum atomic E-state index is -0.629. The van der Waals surface area contributed by atoms with Crippen LogP contribution >= 0.6 is 0 Å². The summed E-state index contributed by atoms with van der Waals surface area (Å²) in [5, 5.41) is 19.2. The second-order valence-corrected chi connectivity index (χ2v) is 4.00. The van der Waals surface area contributed by atoms with E-state index in [0.717, 1.165) is 25.2 Å². The summed E-state index contributed by atoms with van der Waals surface area (Å²) in [5.41, 5.74) is 1.59. The molecule has 3 heteroatoms. The smallest absolute Gasteiger partial charge is 0.123 e. The van der Waals surface area contributed by atoms with Crippen molar-refractivity contribution in [3.8, 4) is 5.75 Å². The van der Waals surface area contributed by atoms with Crippen molar-refractivity contribution in [2.45, 2.75) is 33.3 Å². The van der Waals surface area contributed by atoms with Crippen molar-refractivity contribution < 1.29 is 10.2 Å². The Morgan fingerprint density at radius 3 is 2.44 bits per heavy atom. The van der Waals surface area contributed by atoms with Gasteiger partial charge in [0.05, 0.1) is 6.10 Å². The van der Waals surface area contributed by atoms with Crippen LogP contribution in [0.5, 0.6) is 5.75 Å². The average Bonchev–Trinajstić information content (AvgIpc) is 2.25. The average molecular weight is 223 g/mol. The maximum Gasteiger partial charge on any atom is 0.123 e. The van der Waals surface area contributed by atoms with Gasteiger partial charge in [-0.25, -0.2) is 0 Å². The molecule has 0 saturated carbocycles. The first-order valence-corrected chi connectivity index (χ1v) is 5.86. The Labute approximate surface area is 97.3 Å². The van der Waals surface area contributed by atoms with Gasteiger partial charge in [-0.1, -0.05) is 13.0 Å². The predicted molar refractivity (Wildman–Crippen MR) is 66.9 cm³/mol. The maximum atomic E-state index is 9.79. The molecule has 1 aromatic rings. The van der Waals surface area contributed by atoms with Crippen LogP contribution in [0.25, 0.3) is 0 Å². The molecule has 90 valence electrons. The van der Waals surface area contributed by atoms with Crippen molar-refractivity contribution in [1.29, 1.82) is 0 Å². The van der Waals surface area contributed by atoms with Crippen molar-refractivity contribution in [2.24, 2.45) is 0 Å². The third-order valence-electron chi connectivity index (χ3n) is 2.70. The highest BCUT2D eigenvalue weighted by molar-refractivity contribution is 5.53. The number of hydrogen-bond acceptors (Lipinski definition) is 3. The third-order valence-corrected chi connectivity index (χ3v) is 2.70. The topological polar surface area (TPSA) is 43.7 Å². The second kappa shape index (κ2) is 5.75. The zero-order valence-corrected chi connectivity index (χ0v) is 10.3. The van der Waals surface area contributed by atoms with E-state index in [1.165, 1.54) is 0 Å². The van der Waals surface area contributed by atoms with Crippen LogP contribution in [0.3, 0.4) is 0 Å². The molecule has 0 spiro atoms. The summed E-state index contributed by atoms with van der Waals surface area (Å²) in [6.07, 6.45) is 0.447. The van der Waals surface area contributed by atoms with Gasteiger partial charge in [0.2, 0.25) is 0 Å². The third kappa shape index (κ3) is 2.89. The Morgan fingerprint density at radius 1 is 1.31 bits per heavy atom. The number of aromatic hydroxyl groups is 1. The van der Waals surface area contributed by atoms with Gasteiger partial charge in [0.1, 0.15) is 5.75 Å². The number of aliphatic hydroxyl groups excluding tert-OH is 1. The molecule has 2 N–H and O–H groups in total. The molecular weight excluding hydrogens is 202 g/mol. The van der Waals surface area contributed by atoms with Gasteiger partial charge >= 0.3 is 0 Å². The Balaban J connectivity index is 2.95. The number of nitrogens with zero attached hydrogens (tertiary/aromatic N) is 1. The van der Waals surface area contributed by atoms with E-state index in [-0.39, 0.29) is 5.75 Å². The molecule has 0 bridgehead atoms. The molecule has 0 aliphatic heterocycles. The summed E-state index contributed by atoms with van der Waals surface area (Å²) in [6, 6.07) is 5.45. The van der Waals surface area contributed by atoms with Crippen LogP contribution in [-0.2, 0) is 0 Å². The summed E-state index contributed by atoms with van der Waals surface area (Å²) in [7, 11) is 0. The van der Waals surface area contributed by atoms with Crippen LogP contribution < -0.4 is 4.90 Å². The van der Waals surface area contributed by atoms with Gasteiger partial charge in [0.25, 0.3) is 0 Å². The first kappa shape index (κ1) is 12.8. The van der Waals surface area contributed by atoms with E-state index < -0.39 is 6.10 Å². The lowest BCUT2D eigenvalue weighted by Crippen LogP contribution is -2.23. The number of rotatable bonds is 5. The van der Waals surface area contributed by atoms with Crippen LogP contribution in [0.15, 0.2) is 18.2 Å². The van der Waals surface area contributed by atoms with E-state index in [1.807, 2.05) is 6.07 Å². The number of anilines is 1. The van der Waals surface area contributed by atoms with Crippen LogP contribution in [0.2, 0.25) is 0 Å². The van der Waals surface area contributed by atoms with Crippen molar-refractivity contribution in [3.05, 3.63) is 23.8 Å². The molecule has 1 rings (SSSR count). The molecule has 0 aromatic heterocycles. The van der Waals surface area contributed by atoms with Gasteiger partial charge in [-0.2, -0.15) is 0 Å². The summed E-state index contributed by atoms with van der Waals surface area (Å²) < 4.78 is 0. The van der Waals surface area contributed by atoms with E-state index in [0.29, 0.717) is 5.56 Å². The van der Waals surface area contributed by atoms with Gasteiger partial charge in [-0.3, -0.25) is 0 Å². The minimum absolute atomic E-state index is 0.169. The normalized spacial score (nSPS) is 12.5. The van der Waals surface area contributed by atoms with Gasteiger partial charge < -0.3 is 15.1 Å². The molecule has 0 amide bonds. The zero-order chi connectivity index (χ0) is 12.1. The van der Waals surface area contributed by atoms with Crippen molar-refractivity contribution in [3.63, 3.8) is 0 Å². The second-order valence-electron chi connectivity index (χ2n) is 4.00. The van der Waals surface area contributed by atoms with Gasteiger partial charge in [-0.15, -0.1) is 0 Å². The monoisotopic (exact) mass is 223 g/mol. The summed E-state index contributed by atoms with van der Waals surface area (Å²) >= 11 is 0. The molecular formula is C13H21NO2. The Bertz CT molecular complexity index is 337.